The fourth-order valence-corrected chi connectivity index (χ4v) is 2.42. The molecule has 1 fully saturated rings. The zero-order chi connectivity index (χ0) is 9.47. The van der Waals surface area contributed by atoms with Crippen LogP contribution < -0.4 is 5.73 Å². The van der Waals surface area contributed by atoms with E-state index in [-0.39, 0.29) is 5.54 Å². The van der Waals surface area contributed by atoms with E-state index in [2.05, 4.69) is 24.2 Å². The third kappa shape index (κ3) is 2.09. The molecular weight excluding hydrogens is 180 g/mol. The molecule has 1 aromatic rings. The van der Waals surface area contributed by atoms with Crippen LogP contribution in [0.4, 0.5) is 0 Å². The average molecular weight is 196 g/mol. The van der Waals surface area contributed by atoms with Crippen LogP contribution in [0, 0.1) is 0 Å². The Morgan fingerprint density at radius 1 is 1.62 bits per heavy atom. The van der Waals surface area contributed by atoms with Crippen molar-refractivity contribution in [3.63, 3.8) is 0 Å². The smallest absolute Gasteiger partial charge is 0.0946 e. The van der Waals surface area contributed by atoms with Crippen LogP contribution in [-0.4, -0.2) is 10.5 Å². The maximum absolute atomic E-state index is 6.03. The molecule has 13 heavy (non-hydrogen) atoms. The lowest BCUT2D eigenvalue weighted by Gasteiger charge is -2.04. The van der Waals surface area contributed by atoms with Crippen LogP contribution in [0.15, 0.2) is 5.38 Å². The quantitative estimate of drug-likeness (QED) is 0.805. The third-order valence-corrected chi connectivity index (χ3v) is 3.42. The minimum absolute atomic E-state index is 0.103. The Morgan fingerprint density at radius 2 is 2.31 bits per heavy atom. The van der Waals surface area contributed by atoms with E-state index in [9.17, 15) is 0 Å². The van der Waals surface area contributed by atoms with Gasteiger partial charge in [0.05, 0.1) is 10.7 Å². The van der Waals surface area contributed by atoms with Gasteiger partial charge >= 0.3 is 0 Å². The fourth-order valence-electron chi connectivity index (χ4n) is 1.31. The van der Waals surface area contributed by atoms with E-state index in [1.54, 1.807) is 11.3 Å². The van der Waals surface area contributed by atoms with Crippen LogP contribution >= 0.6 is 11.3 Å². The van der Waals surface area contributed by atoms with E-state index in [0.29, 0.717) is 5.92 Å². The number of thiazole rings is 1. The molecule has 1 heterocycles. The summed E-state index contributed by atoms with van der Waals surface area (Å²) in [7, 11) is 0. The summed E-state index contributed by atoms with van der Waals surface area (Å²) in [5.41, 5.74) is 7.35. The zero-order valence-electron chi connectivity index (χ0n) is 8.21. The van der Waals surface area contributed by atoms with Gasteiger partial charge in [0.25, 0.3) is 0 Å². The van der Waals surface area contributed by atoms with Crippen molar-refractivity contribution < 1.29 is 0 Å². The van der Waals surface area contributed by atoms with Crippen molar-refractivity contribution in [2.24, 2.45) is 5.73 Å². The average Bonchev–Trinajstić information content (AvgIpc) is 2.62. The topological polar surface area (TPSA) is 38.9 Å². The largest absolute Gasteiger partial charge is 0.325 e. The summed E-state index contributed by atoms with van der Waals surface area (Å²) in [6.07, 6.45) is 3.32. The normalized spacial score (nSPS) is 19.4. The fraction of sp³-hybridized carbons (Fsp3) is 0.700. The number of hydrogen-bond acceptors (Lipinski definition) is 3. The SMILES string of the molecule is CC(C)c1csc(CC2(N)CC2)n1. The second-order valence-corrected chi connectivity index (χ2v) is 5.30. The molecule has 2 nitrogen and oxygen atoms in total. The highest BCUT2D eigenvalue weighted by Gasteiger charge is 2.38. The van der Waals surface area contributed by atoms with Gasteiger partial charge in [0.15, 0.2) is 0 Å². The van der Waals surface area contributed by atoms with Gasteiger partial charge in [0.2, 0.25) is 0 Å². The standard InChI is InChI=1S/C10H16N2S/c1-7(2)8-6-13-9(12-8)5-10(11)3-4-10/h6-7H,3-5,11H2,1-2H3. The van der Waals surface area contributed by atoms with Crippen molar-refractivity contribution in [1.82, 2.24) is 4.98 Å². The summed E-state index contributed by atoms with van der Waals surface area (Å²) in [4.78, 5) is 4.57. The van der Waals surface area contributed by atoms with Crippen LogP contribution in [0.25, 0.3) is 0 Å². The molecule has 72 valence electrons. The minimum atomic E-state index is 0.103. The molecule has 1 aliphatic carbocycles. The van der Waals surface area contributed by atoms with Crippen LogP contribution in [0.5, 0.6) is 0 Å². The maximum Gasteiger partial charge on any atom is 0.0946 e. The molecule has 1 aromatic heterocycles. The highest BCUT2D eigenvalue weighted by molar-refractivity contribution is 7.09. The van der Waals surface area contributed by atoms with Gasteiger partial charge in [-0.1, -0.05) is 13.8 Å². The summed E-state index contributed by atoms with van der Waals surface area (Å²) in [6, 6.07) is 0. The van der Waals surface area contributed by atoms with E-state index in [4.69, 9.17) is 5.73 Å². The van der Waals surface area contributed by atoms with E-state index in [0.717, 1.165) is 6.42 Å². The zero-order valence-corrected chi connectivity index (χ0v) is 9.03. The second kappa shape index (κ2) is 3.07. The Hall–Kier alpha value is -0.410. The third-order valence-electron chi connectivity index (χ3n) is 2.56. The Morgan fingerprint density at radius 3 is 2.77 bits per heavy atom. The maximum atomic E-state index is 6.03. The van der Waals surface area contributed by atoms with Crippen LogP contribution in [-0.2, 0) is 6.42 Å². The predicted octanol–water partition coefficient (Wildman–Crippen LogP) is 2.30. The van der Waals surface area contributed by atoms with E-state index >= 15 is 0 Å². The van der Waals surface area contributed by atoms with Gasteiger partial charge in [-0.3, -0.25) is 0 Å². The first-order valence-electron chi connectivity index (χ1n) is 4.82. The van der Waals surface area contributed by atoms with Crippen molar-refractivity contribution >= 4 is 11.3 Å². The molecule has 0 amide bonds. The summed E-state index contributed by atoms with van der Waals surface area (Å²) in [5, 5.41) is 3.37. The van der Waals surface area contributed by atoms with E-state index in [1.807, 2.05) is 0 Å². The molecule has 0 saturated heterocycles. The van der Waals surface area contributed by atoms with Crippen molar-refractivity contribution in [1.29, 1.82) is 0 Å². The molecule has 0 bridgehead atoms. The summed E-state index contributed by atoms with van der Waals surface area (Å²) in [6.45, 7) is 4.35. The lowest BCUT2D eigenvalue weighted by Crippen LogP contribution is -2.24. The molecule has 0 unspecified atom stereocenters. The number of nitrogens with two attached hydrogens (primary N) is 1. The molecule has 0 aromatic carbocycles. The molecular formula is C10H16N2S. The van der Waals surface area contributed by atoms with Crippen LogP contribution in [0.1, 0.15) is 43.3 Å². The Bertz CT molecular complexity index is 300. The van der Waals surface area contributed by atoms with Gasteiger partial charge < -0.3 is 5.73 Å². The first-order chi connectivity index (χ1) is 6.09. The van der Waals surface area contributed by atoms with Gasteiger partial charge in [-0.2, -0.15) is 0 Å². The van der Waals surface area contributed by atoms with E-state index in [1.165, 1.54) is 23.5 Å². The summed E-state index contributed by atoms with van der Waals surface area (Å²) >= 11 is 1.75. The predicted molar refractivity (Wildman–Crippen MR) is 56.1 cm³/mol. The molecule has 0 spiro atoms. The molecule has 0 radical (unpaired) electrons. The number of rotatable bonds is 3. The molecule has 0 aliphatic heterocycles. The first kappa shape index (κ1) is 9.16. The lowest BCUT2D eigenvalue weighted by atomic mass is 10.1. The monoisotopic (exact) mass is 196 g/mol. The Balaban J connectivity index is 2.05. The Kier molecular flexibility index (Phi) is 2.16. The van der Waals surface area contributed by atoms with Crippen molar-refractivity contribution in [3.8, 4) is 0 Å². The molecule has 0 atom stereocenters. The Labute approximate surface area is 83.2 Å². The van der Waals surface area contributed by atoms with Crippen LogP contribution in [0.2, 0.25) is 0 Å². The summed E-state index contributed by atoms with van der Waals surface area (Å²) in [5.74, 6) is 0.540. The minimum Gasteiger partial charge on any atom is -0.325 e. The second-order valence-electron chi connectivity index (χ2n) is 4.36. The van der Waals surface area contributed by atoms with Gasteiger partial charge in [0.1, 0.15) is 0 Å². The molecule has 2 rings (SSSR count). The van der Waals surface area contributed by atoms with Gasteiger partial charge in [-0.25, -0.2) is 4.98 Å². The van der Waals surface area contributed by atoms with Gasteiger partial charge in [-0.05, 0) is 18.8 Å². The van der Waals surface area contributed by atoms with Crippen molar-refractivity contribution in [2.45, 2.75) is 44.6 Å². The van der Waals surface area contributed by atoms with Crippen LogP contribution in [0.3, 0.4) is 0 Å². The van der Waals surface area contributed by atoms with Crippen molar-refractivity contribution in [2.75, 3.05) is 0 Å². The highest BCUT2D eigenvalue weighted by atomic mass is 32.1. The van der Waals surface area contributed by atoms with Gasteiger partial charge in [0, 0.05) is 17.3 Å². The summed E-state index contributed by atoms with van der Waals surface area (Å²) < 4.78 is 0. The highest BCUT2D eigenvalue weighted by Crippen LogP contribution is 2.36. The number of aromatic nitrogens is 1. The first-order valence-corrected chi connectivity index (χ1v) is 5.70. The molecule has 1 saturated carbocycles. The number of hydrogen-bond donors (Lipinski definition) is 1. The van der Waals surface area contributed by atoms with E-state index < -0.39 is 0 Å². The molecule has 2 N–H and O–H groups in total. The lowest BCUT2D eigenvalue weighted by molar-refractivity contribution is 0.665. The van der Waals surface area contributed by atoms with Gasteiger partial charge in [-0.15, -0.1) is 11.3 Å². The van der Waals surface area contributed by atoms with Crippen molar-refractivity contribution in [3.05, 3.63) is 16.1 Å². The number of nitrogens with zero attached hydrogens (tertiary/aromatic N) is 1. The molecule has 3 heteroatoms. The molecule has 1 aliphatic rings.